The average molecular weight is 615 g/mol. The van der Waals surface area contributed by atoms with E-state index in [2.05, 4.69) is 10.6 Å². The van der Waals surface area contributed by atoms with Gasteiger partial charge in [-0.2, -0.15) is 0 Å². The first-order valence-electron chi connectivity index (χ1n) is 13.5. The van der Waals surface area contributed by atoms with Gasteiger partial charge in [0.15, 0.2) is 30.4 Å². The summed E-state index contributed by atoms with van der Waals surface area (Å²) >= 11 is 0. The summed E-state index contributed by atoms with van der Waals surface area (Å²) in [5.41, 5.74) is -1.28. The molecular formula is C27H38N2O14. The quantitative estimate of drug-likeness (QED) is 0.261. The Morgan fingerprint density at radius 1 is 0.884 bits per heavy atom. The molecule has 3 heterocycles. The average Bonchev–Trinajstić information content (AvgIpc) is 3.43. The maximum absolute atomic E-state index is 12.9. The van der Waals surface area contributed by atoms with Crippen LogP contribution in [-0.2, 0) is 63.6 Å². The molecule has 1 aromatic heterocycles. The van der Waals surface area contributed by atoms with Crippen molar-refractivity contribution in [2.24, 2.45) is 0 Å². The van der Waals surface area contributed by atoms with Crippen LogP contribution in [0.15, 0.2) is 22.8 Å². The fraction of sp³-hybridized carbons (Fsp3) is 0.667. The number of furan rings is 1. The Hall–Kier alpha value is -3.73. The van der Waals surface area contributed by atoms with E-state index in [0.29, 0.717) is 5.76 Å². The summed E-state index contributed by atoms with van der Waals surface area (Å²) in [6.45, 7) is 7.17. The molecular weight excluding hydrogens is 576 g/mol. The molecule has 1 aromatic rings. The molecule has 0 spiro atoms. The molecule has 2 amide bonds. The molecule has 2 fully saturated rings. The van der Waals surface area contributed by atoms with Gasteiger partial charge in [-0.3, -0.25) is 19.2 Å². The van der Waals surface area contributed by atoms with Crippen molar-refractivity contribution >= 4 is 29.9 Å². The molecule has 3 rings (SSSR count). The van der Waals surface area contributed by atoms with Crippen molar-refractivity contribution < 1.29 is 66.3 Å². The van der Waals surface area contributed by atoms with Gasteiger partial charge in [-0.25, -0.2) is 4.79 Å². The lowest BCUT2D eigenvalue weighted by atomic mass is 9.97. The number of ether oxygens (including phenoxy) is 8. The zero-order valence-corrected chi connectivity index (χ0v) is 24.9. The van der Waals surface area contributed by atoms with Gasteiger partial charge < -0.3 is 52.9 Å². The predicted molar refractivity (Wildman–Crippen MR) is 141 cm³/mol. The number of hydrogen-bond donors (Lipinski definition) is 2. The van der Waals surface area contributed by atoms with Gasteiger partial charge in [0, 0.05) is 27.7 Å². The Balaban J connectivity index is 1.87. The van der Waals surface area contributed by atoms with Gasteiger partial charge in [0.1, 0.15) is 24.0 Å². The van der Waals surface area contributed by atoms with Crippen LogP contribution in [0.2, 0.25) is 0 Å². The molecule has 2 saturated heterocycles. The minimum Gasteiger partial charge on any atom is -0.467 e. The molecule has 0 unspecified atom stereocenters. The van der Waals surface area contributed by atoms with Crippen LogP contribution < -0.4 is 10.6 Å². The monoisotopic (exact) mass is 614 g/mol. The van der Waals surface area contributed by atoms with Crippen molar-refractivity contribution in [2.45, 2.75) is 90.1 Å². The van der Waals surface area contributed by atoms with Crippen molar-refractivity contribution in [3.63, 3.8) is 0 Å². The smallest absolute Gasteiger partial charge is 0.315 e. The lowest BCUT2D eigenvalue weighted by molar-refractivity contribution is -0.321. The van der Waals surface area contributed by atoms with E-state index < -0.39 is 78.5 Å². The third-order valence-electron chi connectivity index (χ3n) is 6.25. The van der Waals surface area contributed by atoms with Crippen molar-refractivity contribution in [1.29, 1.82) is 0 Å². The second kappa shape index (κ2) is 14.6. The summed E-state index contributed by atoms with van der Waals surface area (Å²) in [6.07, 6.45) is -5.38. The number of amides is 2. The number of nitrogens with one attached hydrogen (secondary N) is 2. The third-order valence-corrected chi connectivity index (χ3v) is 6.25. The Labute approximate surface area is 247 Å². The number of urea groups is 1. The Bertz CT molecular complexity index is 1130. The SMILES string of the molecule is CC(=O)OC[C@H]1O[C@@H](OCC2(NC(=O)NCc3ccco3)COC(C)(C)OC2)[C@H](OC(C)=O)[C@@H](OC(C)=O)[C@H]1OC(C)=O. The van der Waals surface area contributed by atoms with Crippen LogP contribution in [0.4, 0.5) is 4.79 Å². The number of carbonyl (C=O) groups excluding carboxylic acids is 5. The minimum atomic E-state index is -1.46. The lowest BCUT2D eigenvalue weighted by Gasteiger charge is -2.46. The van der Waals surface area contributed by atoms with Crippen LogP contribution in [0.3, 0.4) is 0 Å². The molecule has 2 aliphatic heterocycles. The van der Waals surface area contributed by atoms with E-state index in [-0.39, 0.29) is 26.4 Å². The zero-order valence-electron chi connectivity index (χ0n) is 24.9. The van der Waals surface area contributed by atoms with Crippen molar-refractivity contribution in [3.05, 3.63) is 24.2 Å². The van der Waals surface area contributed by atoms with E-state index in [1.807, 2.05) is 0 Å². The summed E-state index contributed by atoms with van der Waals surface area (Å²) in [6, 6.07) is 2.79. The summed E-state index contributed by atoms with van der Waals surface area (Å²) in [4.78, 5) is 60.6. The number of carbonyl (C=O) groups is 5. The van der Waals surface area contributed by atoms with Crippen LogP contribution in [0.25, 0.3) is 0 Å². The third kappa shape index (κ3) is 10.2. The molecule has 0 aliphatic carbocycles. The van der Waals surface area contributed by atoms with Gasteiger partial charge in [0.25, 0.3) is 0 Å². The molecule has 240 valence electrons. The largest absolute Gasteiger partial charge is 0.467 e. The topological polar surface area (TPSA) is 196 Å². The van der Waals surface area contributed by atoms with Crippen LogP contribution in [0, 0.1) is 0 Å². The van der Waals surface area contributed by atoms with Crippen LogP contribution >= 0.6 is 0 Å². The molecule has 0 aromatic carbocycles. The highest BCUT2D eigenvalue weighted by Gasteiger charge is 2.54. The molecule has 16 nitrogen and oxygen atoms in total. The Kier molecular flexibility index (Phi) is 11.5. The molecule has 0 radical (unpaired) electrons. The van der Waals surface area contributed by atoms with Gasteiger partial charge in [-0.15, -0.1) is 0 Å². The van der Waals surface area contributed by atoms with Gasteiger partial charge in [-0.1, -0.05) is 0 Å². The summed E-state index contributed by atoms with van der Waals surface area (Å²) < 4.78 is 50.2. The highest BCUT2D eigenvalue weighted by atomic mass is 16.7. The van der Waals surface area contributed by atoms with Gasteiger partial charge in [-0.05, 0) is 26.0 Å². The number of esters is 4. The van der Waals surface area contributed by atoms with Crippen molar-refractivity contribution in [2.75, 3.05) is 26.4 Å². The highest BCUT2D eigenvalue weighted by Crippen LogP contribution is 2.31. The molecule has 43 heavy (non-hydrogen) atoms. The first-order valence-corrected chi connectivity index (χ1v) is 13.5. The van der Waals surface area contributed by atoms with Gasteiger partial charge >= 0.3 is 29.9 Å². The molecule has 0 saturated carbocycles. The summed E-state index contributed by atoms with van der Waals surface area (Å²) in [7, 11) is 0. The molecule has 2 N–H and O–H groups in total. The fourth-order valence-electron chi connectivity index (χ4n) is 4.33. The van der Waals surface area contributed by atoms with Crippen molar-refractivity contribution in [3.8, 4) is 0 Å². The summed E-state index contributed by atoms with van der Waals surface area (Å²) in [5.74, 6) is -3.41. The maximum atomic E-state index is 12.9. The first kappa shape index (κ1) is 33.8. The van der Waals surface area contributed by atoms with E-state index in [0.717, 1.165) is 20.8 Å². The number of rotatable bonds is 11. The summed E-state index contributed by atoms with van der Waals surface area (Å²) in [5, 5.41) is 5.48. The van der Waals surface area contributed by atoms with E-state index in [1.54, 1.807) is 26.0 Å². The van der Waals surface area contributed by atoms with Crippen LogP contribution in [0.1, 0.15) is 47.3 Å². The van der Waals surface area contributed by atoms with E-state index in [1.165, 1.54) is 13.2 Å². The molecule has 16 heteroatoms. The molecule has 5 atom stereocenters. The van der Waals surface area contributed by atoms with Gasteiger partial charge in [0.2, 0.25) is 0 Å². The number of hydrogen-bond acceptors (Lipinski definition) is 14. The standard InChI is InChI=1S/C27H38N2O14/c1-15(30)36-11-20-21(40-16(2)31)22(41-17(3)32)23(42-18(4)33)24(43-20)37-12-27(13-38-26(5,6)39-14-27)29-25(34)28-10-19-8-7-9-35-19/h7-9,20-24H,10-14H2,1-6H3,(H2,28,29,34)/t20-,21+,22+,23-,24-/m1/s1. The Morgan fingerprint density at radius 3 is 2.05 bits per heavy atom. The van der Waals surface area contributed by atoms with E-state index in [9.17, 15) is 24.0 Å². The lowest BCUT2D eigenvalue weighted by Crippen LogP contribution is -2.67. The maximum Gasteiger partial charge on any atom is 0.315 e. The normalized spacial score (nSPS) is 26.0. The van der Waals surface area contributed by atoms with E-state index >= 15 is 0 Å². The fourth-order valence-corrected chi connectivity index (χ4v) is 4.33. The minimum absolute atomic E-state index is 0.0561. The Morgan fingerprint density at radius 2 is 1.49 bits per heavy atom. The second-order valence-electron chi connectivity index (χ2n) is 10.5. The van der Waals surface area contributed by atoms with Crippen LogP contribution in [-0.4, -0.2) is 98.4 Å². The first-order chi connectivity index (χ1) is 20.2. The molecule has 0 bridgehead atoms. The van der Waals surface area contributed by atoms with Crippen molar-refractivity contribution in [1.82, 2.24) is 10.6 Å². The second-order valence-corrected chi connectivity index (χ2v) is 10.5. The zero-order chi connectivity index (χ0) is 31.8. The van der Waals surface area contributed by atoms with Crippen LogP contribution in [0.5, 0.6) is 0 Å². The predicted octanol–water partition coefficient (Wildman–Crippen LogP) is 0.700. The van der Waals surface area contributed by atoms with E-state index in [4.69, 9.17) is 42.3 Å². The molecule has 2 aliphatic rings. The van der Waals surface area contributed by atoms with Gasteiger partial charge in [0.05, 0.1) is 32.6 Å². The highest BCUT2D eigenvalue weighted by molar-refractivity contribution is 5.75.